The number of fused-ring (bicyclic) bond motifs is 7. The fourth-order valence-corrected chi connectivity index (χ4v) is 7.65. The summed E-state index contributed by atoms with van der Waals surface area (Å²) in [5.74, 6) is 1.79. The van der Waals surface area contributed by atoms with Crippen LogP contribution in [0.2, 0.25) is 0 Å². The topological polar surface area (TPSA) is 42.6 Å². The Morgan fingerprint density at radius 1 is 0.794 bits per heavy atom. The standard InChI is InChI=1S/C31H32O3/c1-29(2)16-30(3,4)18-31(17-29)23-10-7-6-9-19(23)28-21-14-27(33-5)22(26-11-8-12-34-26)13-20(21)25(32)15-24(28)31/h6-15,32H,16-18H2,1-5H3. The lowest BCUT2D eigenvalue weighted by molar-refractivity contribution is 0.0645. The molecule has 3 nitrogen and oxygen atoms in total. The molecule has 6 rings (SSSR count). The molecule has 1 aromatic heterocycles. The van der Waals surface area contributed by atoms with Gasteiger partial charge in [-0.1, -0.05) is 52.0 Å². The zero-order valence-electron chi connectivity index (χ0n) is 20.7. The first-order valence-corrected chi connectivity index (χ1v) is 12.2. The van der Waals surface area contributed by atoms with Gasteiger partial charge in [0.05, 0.1) is 18.9 Å². The van der Waals surface area contributed by atoms with Crippen molar-refractivity contribution in [2.24, 2.45) is 10.8 Å². The summed E-state index contributed by atoms with van der Waals surface area (Å²) >= 11 is 0. The van der Waals surface area contributed by atoms with Crippen LogP contribution in [0.3, 0.4) is 0 Å². The molecule has 0 unspecified atom stereocenters. The van der Waals surface area contributed by atoms with Crippen LogP contribution in [0, 0.1) is 10.8 Å². The Morgan fingerprint density at radius 3 is 2.21 bits per heavy atom. The summed E-state index contributed by atoms with van der Waals surface area (Å²) in [4.78, 5) is 0. The first-order chi connectivity index (χ1) is 16.1. The zero-order chi connectivity index (χ0) is 23.9. The Balaban J connectivity index is 1.70. The van der Waals surface area contributed by atoms with Crippen molar-refractivity contribution in [3.8, 4) is 33.9 Å². The van der Waals surface area contributed by atoms with Crippen molar-refractivity contribution >= 4 is 10.8 Å². The maximum Gasteiger partial charge on any atom is 0.137 e. The van der Waals surface area contributed by atoms with E-state index in [9.17, 15) is 5.11 Å². The minimum Gasteiger partial charge on any atom is -0.507 e. The monoisotopic (exact) mass is 452 g/mol. The second-order valence-electron chi connectivity index (χ2n) is 11.9. The first-order valence-electron chi connectivity index (χ1n) is 12.2. The third kappa shape index (κ3) is 2.95. The zero-order valence-corrected chi connectivity index (χ0v) is 20.7. The van der Waals surface area contributed by atoms with Crippen molar-refractivity contribution in [2.45, 2.75) is 52.4 Å². The average molecular weight is 453 g/mol. The number of hydrogen-bond donors (Lipinski definition) is 1. The molecule has 0 bridgehead atoms. The smallest absolute Gasteiger partial charge is 0.137 e. The van der Waals surface area contributed by atoms with Gasteiger partial charge in [-0.3, -0.25) is 0 Å². The van der Waals surface area contributed by atoms with Gasteiger partial charge < -0.3 is 14.3 Å². The van der Waals surface area contributed by atoms with Crippen molar-refractivity contribution in [1.82, 2.24) is 0 Å². The van der Waals surface area contributed by atoms with Crippen molar-refractivity contribution < 1.29 is 14.3 Å². The Hall–Kier alpha value is -3.20. The number of aromatic hydroxyl groups is 1. The van der Waals surface area contributed by atoms with E-state index in [1.54, 1.807) is 13.4 Å². The van der Waals surface area contributed by atoms with Gasteiger partial charge in [0, 0.05) is 10.8 Å². The fourth-order valence-electron chi connectivity index (χ4n) is 7.65. The molecular formula is C31H32O3. The first kappa shape index (κ1) is 21.3. The Bertz CT molecular complexity index is 1410. The van der Waals surface area contributed by atoms with E-state index in [1.807, 2.05) is 24.3 Å². The largest absolute Gasteiger partial charge is 0.507 e. The van der Waals surface area contributed by atoms with Gasteiger partial charge in [-0.2, -0.15) is 0 Å². The summed E-state index contributed by atoms with van der Waals surface area (Å²) < 4.78 is 11.5. The summed E-state index contributed by atoms with van der Waals surface area (Å²) in [6, 6.07) is 18.8. The van der Waals surface area contributed by atoms with Crippen LogP contribution < -0.4 is 4.74 Å². The van der Waals surface area contributed by atoms with Gasteiger partial charge in [0.1, 0.15) is 17.3 Å². The van der Waals surface area contributed by atoms with Crippen LogP contribution in [-0.2, 0) is 5.41 Å². The molecule has 2 aliphatic carbocycles. The molecule has 0 saturated heterocycles. The minimum absolute atomic E-state index is 0.115. The van der Waals surface area contributed by atoms with Crippen LogP contribution in [0.5, 0.6) is 11.5 Å². The number of phenolic OH excluding ortho intramolecular Hbond substituents is 1. The molecule has 0 amide bonds. The normalized spacial score (nSPS) is 19.2. The van der Waals surface area contributed by atoms with E-state index in [1.165, 1.54) is 28.7 Å². The maximum atomic E-state index is 11.4. The highest BCUT2D eigenvalue weighted by molar-refractivity contribution is 6.07. The van der Waals surface area contributed by atoms with Crippen LogP contribution in [0.25, 0.3) is 33.2 Å². The molecule has 3 aromatic carbocycles. The van der Waals surface area contributed by atoms with E-state index >= 15 is 0 Å². The summed E-state index contributed by atoms with van der Waals surface area (Å²) in [6.45, 7) is 9.59. The van der Waals surface area contributed by atoms with Gasteiger partial charge in [0.2, 0.25) is 0 Å². The van der Waals surface area contributed by atoms with Gasteiger partial charge in [-0.05, 0) is 88.1 Å². The molecule has 0 radical (unpaired) electrons. The highest BCUT2D eigenvalue weighted by Gasteiger charge is 2.53. The lowest BCUT2D eigenvalue weighted by atomic mass is 9.52. The molecule has 1 saturated carbocycles. The highest BCUT2D eigenvalue weighted by atomic mass is 16.5. The number of methoxy groups -OCH3 is 1. The van der Waals surface area contributed by atoms with Gasteiger partial charge in [0.15, 0.2) is 0 Å². The van der Waals surface area contributed by atoms with Gasteiger partial charge in [0.25, 0.3) is 0 Å². The number of furan rings is 1. The van der Waals surface area contributed by atoms with E-state index in [-0.39, 0.29) is 16.2 Å². The molecule has 174 valence electrons. The van der Waals surface area contributed by atoms with Gasteiger partial charge >= 0.3 is 0 Å². The van der Waals surface area contributed by atoms with E-state index < -0.39 is 0 Å². The van der Waals surface area contributed by atoms with Crippen LogP contribution in [-0.4, -0.2) is 12.2 Å². The highest BCUT2D eigenvalue weighted by Crippen LogP contribution is 2.65. The summed E-state index contributed by atoms with van der Waals surface area (Å²) in [5.41, 5.74) is 6.29. The van der Waals surface area contributed by atoms with Gasteiger partial charge in [-0.25, -0.2) is 0 Å². The molecule has 4 aromatic rings. The number of phenols is 1. The number of hydrogen-bond acceptors (Lipinski definition) is 3. The molecule has 1 fully saturated rings. The third-order valence-electron chi connectivity index (χ3n) is 7.97. The van der Waals surface area contributed by atoms with Crippen molar-refractivity contribution in [2.75, 3.05) is 7.11 Å². The Kier molecular flexibility index (Phi) is 4.34. The maximum absolute atomic E-state index is 11.4. The lowest BCUT2D eigenvalue weighted by Crippen LogP contribution is -2.43. The summed E-state index contributed by atoms with van der Waals surface area (Å²) in [7, 11) is 1.69. The number of rotatable bonds is 2. The van der Waals surface area contributed by atoms with Crippen LogP contribution >= 0.6 is 0 Å². The number of ether oxygens (including phenoxy) is 1. The molecule has 2 aliphatic rings. The molecule has 1 N–H and O–H groups in total. The molecular weight excluding hydrogens is 420 g/mol. The van der Waals surface area contributed by atoms with Crippen LogP contribution in [0.15, 0.2) is 65.3 Å². The van der Waals surface area contributed by atoms with E-state index in [4.69, 9.17) is 9.15 Å². The average Bonchev–Trinajstić information content (AvgIpc) is 3.38. The van der Waals surface area contributed by atoms with E-state index in [2.05, 4.69) is 58.0 Å². The summed E-state index contributed by atoms with van der Waals surface area (Å²) in [5, 5.41) is 13.3. The predicted octanol–water partition coefficient (Wildman–Crippen LogP) is 8.32. The Labute approximate surface area is 201 Å². The molecule has 0 atom stereocenters. The van der Waals surface area contributed by atoms with E-state index in [0.29, 0.717) is 5.75 Å². The minimum atomic E-state index is -0.115. The molecule has 0 aliphatic heterocycles. The Morgan fingerprint density at radius 2 is 1.53 bits per heavy atom. The third-order valence-corrected chi connectivity index (χ3v) is 7.97. The van der Waals surface area contributed by atoms with Crippen molar-refractivity contribution in [3.63, 3.8) is 0 Å². The second-order valence-corrected chi connectivity index (χ2v) is 11.9. The quantitative estimate of drug-likeness (QED) is 0.332. The lowest BCUT2D eigenvalue weighted by Gasteiger charge is -2.51. The second kappa shape index (κ2) is 6.91. The van der Waals surface area contributed by atoms with Gasteiger partial charge in [-0.15, -0.1) is 0 Å². The van der Waals surface area contributed by atoms with E-state index in [0.717, 1.165) is 40.7 Å². The summed E-state index contributed by atoms with van der Waals surface area (Å²) in [6.07, 6.45) is 4.99. The van der Waals surface area contributed by atoms with Crippen LogP contribution in [0.4, 0.5) is 0 Å². The molecule has 1 heterocycles. The van der Waals surface area contributed by atoms with Crippen molar-refractivity contribution in [3.05, 3.63) is 72.0 Å². The molecule has 3 heteroatoms. The van der Waals surface area contributed by atoms with Crippen molar-refractivity contribution in [1.29, 1.82) is 0 Å². The predicted molar refractivity (Wildman–Crippen MR) is 137 cm³/mol. The van der Waals surface area contributed by atoms with Crippen LogP contribution in [0.1, 0.15) is 58.1 Å². The fraction of sp³-hybridized carbons (Fsp3) is 0.355. The SMILES string of the molecule is COc1cc2c3c(cc(O)c2cc1-c1ccco1)C1(CC(C)(C)CC(C)(C)C1)c1ccccc1-3. The molecule has 34 heavy (non-hydrogen) atoms. The number of benzene rings is 3. The molecule has 1 spiro atoms.